The lowest BCUT2D eigenvalue weighted by Gasteiger charge is -2.20. The number of fused-ring (bicyclic) bond motifs is 1. The van der Waals surface area contributed by atoms with Crippen LogP contribution < -0.4 is 10.1 Å². The molecule has 0 saturated heterocycles. The van der Waals surface area contributed by atoms with E-state index in [9.17, 15) is 0 Å². The van der Waals surface area contributed by atoms with Crippen LogP contribution in [0.15, 0.2) is 16.6 Å². The summed E-state index contributed by atoms with van der Waals surface area (Å²) in [6, 6.07) is 3.78. The van der Waals surface area contributed by atoms with E-state index in [4.69, 9.17) is 16.3 Å². The van der Waals surface area contributed by atoms with E-state index in [0.717, 1.165) is 22.5 Å². The van der Waals surface area contributed by atoms with Crippen molar-refractivity contribution in [3.63, 3.8) is 0 Å². The van der Waals surface area contributed by atoms with Crippen molar-refractivity contribution in [1.29, 1.82) is 0 Å². The van der Waals surface area contributed by atoms with E-state index in [1.807, 2.05) is 12.1 Å². The van der Waals surface area contributed by atoms with E-state index >= 15 is 0 Å². The molecule has 12 heavy (non-hydrogen) atoms. The molecule has 0 bridgehead atoms. The van der Waals surface area contributed by atoms with Crippen molar-refractivity contribution in [2.24, 2.45) is 0 Å². The largest absolute Gasteiger partial charge is 0.490 e. The third-order valence-electron chi connectivity index (χ3n) is 1.72. The Balaban J connectivity index is 2.54. The number of rotatable bonds is 0. The van der Waals surface area contributed by atoms with Crippen molar-refractivity contribution in [2.75, 3.05) is 18.5 Å². The highest BCUT2D eigenvalue weighted by molar-refractivity contribution is 9.10. The minimum absolute atomic E-state index is 0.687. The van der Waals surface area contributed by atoms with Crippen molar-refractivity contribution in [1.82, 2.24) is 0 Å². The lowest BCUT2D eigenvalue weighted by atomic mass is 10.2. The molecule has 4 heteroatoms. The van der Waals surface area contributed by atoms with Gasteiger partial charge in [-0.1, -0.05) is 11.6 Å². The lowest BCUT2D eigenvalue weighted by Crippen LogP contribution is -2.18. The second kappa shape index (κ2) is 3.15. The molecule has 64 valence electrons. The molecule has 0 fully saturated rings. The maximum absolute atomic E-state index is 6.02. The average molecular weight is 249 g/mol. The lowest BCUT2D eigenvalue weighted by molar-refractivity contribution is 0.323. The van der Waals surface area contributed by atoms with Gasteiger partial charge in [-0.05, 0) is 28.1 Å². The van der Waals surface area contributed by atoms with Crippen molar-refractivity contribution >= 4 is 33.2 Å². The number of halogens is 2. The van der Waals surface area contributed by atoms with Gasteiger partial charge in [0, 0.05) is 11.0 Å². The van der Waals surface area contributed by atoms with Gasteiger partial charge in [0.05, 0.1) is 10.7 Å². The molecule has 1 aliphatic heterocycles. The van der Waals surface area contributed by atoms with Crippen molar-refractivity contribution in [3.05, 3.63) is 21.6 Å². The van der Waals surface area contributed by atoms with Crippen molar-refractivity contribution in [2.45, 2.75) is 0 Å². The highest BCUT2D eigenvalue weighted by Gasteiger charge is 2.14. The van der Waals surface area contributed by atoms with Gasteiger partial charge in [0.15, 0.2) is 0 Å². The number of anilines is 1. The van der Waals surface area contributed by atoms with Crippen LogP contribution in [0.5, 0.6) is 5.75 Å². The van der Waals surface area contributed by atoms with Gasteiger partial charge in [-0.15, -0.1) is 0 Å². The second-order valence-electron chi connectivity index (χ2n) is 2.51. The zero-order chi connectivity index (χ0) is 8.55. The summed E-state index contributed by atoms with van der Waals surface area (Å²) in [5.41, 5.74) is 0.886. The second-order valence-corrected chi connectivity index (χ2v) is 3.74. The van der Waals surface area contributed by atoms with E-state index in [2.05, 4.69) is 21.2 Å². The fraction of sp³-hybridized carbons (Fsp3) is 0.250. The molecule has 1 aromatic carbocycles. The van der Waals surface area contributed by atoms with Gasteiger partial charge in [-0.2, -0.15) is 0 Å². The van der Waals surface area contributed by atoms with E-state index in [1.54, 1.807) is 0 Å². The van der Waals surface area contributed by atoms with Gasteiger partial charge in [-0.25, -0.2) is 0 Å². The molecule has 1 aromatic rings. The van der Waals surface area contributed by atoms with Crippen LogP contribution in [-0.2, 0) is 0 Å². The van der Waals surface area contributed by atoms with Crippen molar-refractivity contribution in [3.8, 4) is 5.75 Å². The third kappa shape index (κ3) is 1.27. The highest BCUT2D eigenvalue weighted by atomic mass is 79.9. The molecule has 0 saturated carbocycles. The van der Waals surface area contributed by atoms with Gasteiger partial charge < -0.3 is 10.1 Å². The summed E-state index contributed by atoms with van der Waals surface area (Å²) in [7, 11) is 0. The molecule has 0 aromatic heterocycles. The highest BCUT2D eigenvalue weighted by Crippen LogP contribution is 2.38. The monoisotopic (exact) mass is 247 g/mol. The Hall–Kier alpha value is -0.410. The maximum atomic E-state index is 6.02. The molecule has 0 spiro atoms. The Labute approximate surface area is 84.0 Å². The predicted molar refractivity (Wildman–Crippen MR) is 53.1 cm³/mol. The summed E-state index contributed by atoms with van der Waals surface area (Å²) < 4.78 is 6.28. The molecule has 0 radical (unpaired) electrons. The summed E-state index contributed by atoms with van der Waals surface area (Å²) in [4.78, 5) is 0. The van der Waals surface area contributed by atoms with Crippen LogP contribution >= 0.6 is 27.5 Å². The molecule has 0 atom stereocenters. The average Bonchev–Trinajstić information content (AvgIpc) is 2.12. The summed E-state index contributed by atoms with van der Waals surface area (Å²) in [5, 5.41) is 3.87. The van der Waals surface area contributed by atoms with E-state index in [-0.39, 0.29) is 0 Å². The maximum Gasteiger partial charge on any atom is 0.144 e. The zero-order valence-electron chi connectivity index (χ0n) is 6.23. The summed E-state index contributed by atoms with van der Waals surface area (Å²) in [6.07, 6.45) is 0. The van der Waals surface area contributed by atoms with Crippen LogP contribution in [0.1, 0.15) is 0 Å². The van der Waals surface area contributed by atoms with E-state index in [1.165, 1.54) is 0 Å². The Kier molecular flexibility index (Phi) is 2.15. The Morgan fingerprint density at radius 2 is 2.33 bits per heavy atom. The quantitative estimate of drug-likeness (QED) is 0.762. The molecule has 0 unspecified atom stereocenters. The van der Waals surface area contributed by atoms with E-state index in [0.29, 0.717) is 11.6 Å². The van der Waals surface area contributed by atoms with Crippen LogP contribution in [0, 0.1) is 0 Å². The number of hydrogen-bond acceptors (Lipinski definition) is 2. The minimum atomic E-state index is 0.687. The molecular weight excluding hydrogens is 241 g/mol. The molecular formula is C8H7BrClNO. The summed E-state index contributed by atoms with van der Waals surface area (Å²) in [6.45, 7) is 1.51. The standard InChI is InChI=1S/C8H7BrClNO/c9-5-1-2-6-8(7(5)10)11-3-4-12-6/h1-2,11H,3-4H2. The first-order chi connectivity index (χ1) is 5.79. The molecule has 1 N–H and O–H groups in total. The molecule has 0 amide bonds. The van der Waals surface area contributed by atoms with Crippen LogP contribution in [0.4, 0.5) is 5.69 Å². The Morgan fingerprint density at radius 1 is 1.50 bits per heavy atom. The molecule has 2 nitrogen and oxygen atoms in total. The molecule has 1 heterocycles. The van der Waals surface area contributed by atoms with Gasteiger partial charge in [0.2, 0.25) is 0 Å². The topological polar surface area (TPSA) is 21.3 Å². The number of benzene rings is 1. The summed E-state index contributed by atoms with van der Waals surface area (Å²) in [5.74, 6) is 0.828. The fourth-order valence-corrected chi connectivity index (χ4v) is 1.71. The number of hydrogen-bond donors (Lipinski definition) is 1. The Bertz CT molecular complexity index is 316. The Morgan fingerprint density at radius 3 is 3.17 bits per heavy atom. The van der Waals surface area contributed by atoms with Gasteiger partial charge in [-0.3, -0.25) is 0 Å². The molecule has 2 rings (SSSR count). The normalized spacial score (nSPS) is 14.5. The number of nitrogens with one attached hydrogen (secondary N) is 1. The van der Waals surface area contributed by atoms with Crippen LogP contribution in [0.2, 0.25) is 5.02 Å². The number of ether oxygens (including phenoxy) is 1. The van der Waals surface area contributed by atoms with Gasteiger partial charge in [0.1, 0.15) is 12.4 Å². The first-order valence-electron chi connectivity index (χ1n) is 3.64. The van der Waals surface area contributed by atoms with E-state index < -0.39 is 0 Å². The minimum Gasteiger partial charge on any atom is -0.490 e. The van der Waals surface area contributed by atoms with Crippen LogP contribution in [0.3, 0.4) is 0 Å². The third-order valence-corrected chi connectivity index (χ3v) is 3.00. The first kappa shape index (κ1) is 8.20. The van der Waals surface area contributed by atoms with Crippen LogP contribution in [-0.4, -0.2) is 13.2 Å². The first-order valence-corrected chi connectivity index (χ1v) is 4.81. The zero-order valence-corrected chi connectivity index (χ0v) is 8.58. The predicted octanol–water partition coefficient (Wildman–Crippen LogP) is 2.91. The molecule has 1 aliphatic rings. The van der Waals surface area contributed by atoms with Gasteiger partial charge >= 0.3 is 0 Å². The van der Waals surface area contributed by atoms with Gasteiger partial charge in [0.25, 0.3) is 0 Å². The SMILES string of the molecule is Clc1c(Br)ccc2c1NCCO2. The molecule has 0 aliphatic carbocycles. The summed E-state index contributed by atoms with van der Waals surface area (Å²) >= 11 is 9.37. The fourth-order valence-electron chi connectivity index (χ4n) is 1.15. The van der Waals surface area contributed by atoms with Crippen LogP contribution in [0.25, 0.3) is 0 Å². The van der Waals surface area contributed by atoms with Crippen molar-refractivity contribution < 1.29 is 4.74 Å². The smallest absolute Gasteiger partial charge is 0.144 e.